The smallest absolute Gasteiger partial charge is 0.340 e. The lowest BCUT2D eigenvalue weighted by atomic mass is 9.70. The molecule has 1 saturated heterocycles. The summed E-state index contributed by atoms with van der Waals surface area (Å²) in [5.41, 5.74) is -10.7. The first-order valence-electron chi connectivity index (χ1n) is 22.2. The van der Waals surface area contributed by atoms with Gasteiger partial charge in [0.1, 0.15) is 18.3 Å². The highest BCUT2D eigenvalue weighted by atomic mass is 16.8. The molecule has 5 aromatic rings. The number of ketones is 1. The molecule has 6 bridgehead atoms. The van der Waals surface area contributed by atoms with Crippen LogP contribution in [0.1, 0.15) is 63.3 Å². The third-order valence-corrected chi connectivity index (χ3v) is 13.1. The molecular formula is C48H32O32. The first kappa shape index (κ1) is 52.6. The van der Waals surface area contributed by atoms with E-state index in [2.05, 4.69) is 0 Å². The van der Waals surface area contributed by atoms with Gasteiger partial charge >= 0.3 is 41.6 Å². The summed E-state index contributed by atoms with van der Waals surface area (Å²) in [6.45, 7) is -1.42. The van der Waals surface area contributed by atoms with Gasteiger partial charge in [0.25, 0.3) is 5.79 Å². The minimum absolute atomic E-state index is 0.189. The van der Waals surface area contributed by atoms with Gasteiger partial charge in [0.2, 0.25) is 46.9 Å². The maximum Gasteiger partial charge on any atom is 0.340 e. The number of phenolic OH excluding ortho intramolecular Hbond substituents is 13. The summed E-state index contributed by atoms with van der Waals surface area (Å²) in [7, 11) is 0. The van der Waals surface area contributed by atoms with E-state index in [9.17, 15) is 116 Å². The number of aromatic carboxylic acids is 1. The number of fused-ring (bicyclic) bond motifs is 4. The zero-order valence-corrected chi connectivity index (χ0v) is 38.9. The number of phenols is 13. The lowest BCUT2D eigenvalue weighted by Crippen LogP contribution is -2.70. The summed E-state index contributed by atoms with van der Waals surface area (Å²) < 4.78 is 44.5. The van der Waals surface area contributed by atoms with Crippen LogP contribution in [0.2, 0.25) is 0 Å². The number of esters is 5. The van der Waals surface area contributed by atoms with Crippen LogP contribution in [-0.2, 0) is 38.0 Å². The maximum atomic E-state index is 15.1. The predicted molar refractivity (Wildman–Crippen MR) is 241 cm³/mol. The number of hydrogen-bond donors (Lipinski definition) is 17. The molecule has 0 amide bonds. The number of carboxylic acid groups (broad SMARTS) is 1. The van der Waals surface area contributed by atoms with Crippen LogP contribution in [0.5, 0.6) is 92.0 Å². The van der Waals surface area contributed by atoms with Gasteiger partial charge in [0.15, 0.2) is 75.5 Å². The molecule has 2 unspecified atom stereocenters. The molecular weight excluding hydrogens is 1090 g/mol. The van der Waals surface area contributed by atoms with Crippen molar-refractivity contribution >= 4 is 41.6 Å². The Morgan fingerprint density at radius 1 is 0.550 bits per heavy atom. The Balaban J connectivity index is 1.22. The van der Waals surface area contributed by atoms with Gasteiger partial charge in [-0.1, -0.05) is 0 Å². The summed E-state index contributed by atoms with van der Waals surface area (Å²) in [6.07, 6.45) is -12.9. The SMILES string of the molecule is O=C1O[C@H]2[C@H](OC(=O)c3cc(O)c(O)c(O)c3)O[C@@H]3COC(=O)c4cc(O)c(O)c(O)c4-c4c(cc(O)c(Oc5c(C(=O)O)cc(O)c(O)c5O)c4O)C(=O)O[C@H]2[C@@H]3OC(=O)c2cc(O)c(O)c3c2C2C1=CC(=O)C(O)(O3)C2(O)O. The number of benzene rings is 5. The fraction of sp³-hybridized carbons (Fsp3) is 0.188. The molecule has 80 heavy (non-hydrogen) atoms. The number of rotatable bonds is 5. The molecule has 0 saturated carbocycles. The molecule has 1 aliphatic carbocycles. The molecule has 1 fully saturated rings. The van der Waals surface area contributed by atoms with Crippen molar-refractivity contribution < 1.29 is 158 Å². The number of carboxylic acids is 1. The van der Waals surface area contributed by atoms with E-state index in [1.54, 1.807) is 0 Å². The Hall–Kier alpha value is -10.8. The lowest BCUT2D eigenvalue weighted by Gasteiger charge is -2.49. The quantitative estimate of drug-likeness (QED) is 0.0469. The monoisotopic (exact) mass is 1120 g/mol. The van der Waals surface area contributed by atoms with Crippen molar-refractivity contribution in [1.29, 1.82) is 0 Å². The number of hydrogen-bond acceptors (Lipinski definition) is 31. The van der Waals surface area contributed by atoms with Crippen molar-refractivity contribution in [2.75, 3.05) is 6.61 Å². The number of cyclic esters (lactones) is 1. The van der Waals surface area contributed by atoms with E-state index in [1.807, 2.05) is 0 Å². The predicted octanol–water partition coefficient (Wildman–Crippen LogP) is -0.200. The largest absolute Gasteiger partial charge is 0.504 e. The van der Waals surface area contributed by atoms with Gasteiger partial charge in [-0.3, -0.25) is 4.79 Å². The average molecular weight is 1120 g/mol. The molecule has 32 heteroatoms. The number of aromatic hydroxyl groups is 13. The third-order valence-electron chi connectivity index (χ3n) is 13.1. The van der Waals surface area contributed by atoms with E-state index in [1.165, 1.54) is 0 Å². The molecule has 0 aromatic heterocycles. The second-order valence-corrected chi connectivity index (χ2v) is 17.8. The summed E-state index contributed by atoms with van der Waals surface area (Å²) in [5, 5.41) is 184. The van der Waals surface area contributed by atoms with Crippen LogP contribution >= 0.6 is 0 Å². The fourth-order valence-corrected chi connectivity index (χ4v) is 9.34. The van der Waals surface area contributed by atoms with Gasteiger partial charge in [0, 0.05) is 22.8 Å². The van der Waals surface area contributed by atoms with Gasteiger partial charge in [-0.05, 0) is 36.4 Å². The Bertz CT molecular complexity index is 3700. The maximum absolute atomic E-state index is 15.1. The Kier molecular flexibility index (Phi) is 11.8. The van der Waals surface area contributed by atoms with Crippen molar-refractivity contribution in [2.24, 2.45) is 0 Å². The van der Waals surface area contributed by atoms with Crippen molar-refractivity contribution in [3.05, 3.63) is 81.4 Å². The Labute approximate surface area is 438 Å². The number of ether oxygens (including phenoxy) is 8. The first-order chi connectivity index (χ1) is 37.5. The molecule has 4 heterocycles. The highest BCUT2D eigenvalue weighted by Crippen LogP contribution is 2.60. The van der Waals surface area contributed by atoms with Crippen molar-refractivity contribution in [3.63, 3.8) is 0 Å². The average Bonchev–Trinajstić information content (AvgIpc) is 3.60. The van der Waals surface area contributed by atoms with Crippen LogP contribution in [-0.4, -0.2) is 177 Å². The standard InChI is InChI=1S/C48H32O32/c49-15-1-9(2-16(50)27(15)56)41(65)79-46-39-38-36(76-44(68)12-4-19(53)30(59)37-25(12)26-13(45(69)78-39)7-22(55)48(72,80-37)47(26,70)71)21(74-46)8-73-42(66)10-3-17(51)28(57)31(60)23(10)24-11(43(67)77-38)5-20(54)35(32(24)61)75-34-14(40(63)64)6-18(52)29(58)33(34)62/h1-7,21,26,36,38-39,46,49-54,56-62,70-72H,8H2,(H,63,64)/t21-,26?,36-,38+,39-,46+,48?/m1/s1. The minimum atomic E-state index is -4.07. The molecule has 5 aliphatic rings. The molecule has 0 radical (unpaired) electrons. The number of aliphatic hydroxyl groups is 3. The molecule has 5 aromatic carbocycles. The molecule has 32 nitrogen and oxygen atoms in total. The molecule has 0 spiro atoms. The van der Waals surface area contributed by atoms with Crippen molar-refractivity contribution in [2.45, 2.75) is 48.2 Å². The van der Waals surface area contributed by atoms with Crippen LogP contribution in [0.4, 0.5) is 0 Å². The van der Waals surface area contributed by atoms with Crippen LogP contribution in [0.3, 0.4) is 0 Å². The topological polar surface area (TPSA) is 537 Å². The van der Waals surface area contributed by atoms with E-state index < -0.39 is 238 Å². The first-order valence-corrected chi connectivity index (χ1v) is 22.2. The molecule has 416 valence electrons. The van der Waals surface area contributed by atoms with Crippen LogP contribution in [0.15, 0.2) is 48.0 Å². The van der Waals surface area contributed by atoms with Gasteiger partial charge in [-0.25, -0.2) is 28.8 Å². The summed E-state index contributed by atoms with van der Waals surface area (Å²) >= 11 is 0. The van der Waals surface area contributed by atoms with Crippen molar-refractivity contribution in [1.82, 2.24) is 0 Å². The van der Waals surface area contributed by atoms with Gasteiger partial charge in [-0.15, -0.1) is 0 Å². The van der Waals surface area contributed by atoms with Gasteiger partial charge in [0.05, 0.1) is 33.7 Å². The van der Waals surface area contributed by atoms with E-state index in [0.29, 0.717) is 30.3 Å². The van der Waals surface area contributed by atoms with Gasteiger partial charge < -0.3 is 125 Å². The minimum Gasteiger partial charge on any atom is -0.504 e. The summed E-state index contributed by atoms with van der Waals surface area (Å²) in [5.74, 6) is -46.2. The van der Waals surface area contributed by atoms with E-state index in [0.717, 1.165) is 0 Å². The summed E-state index contributed by atoms with van der Waals surface area (Å²) in [4.78, 5) is 98.7. The fourth-order valence-electron chi connectivity index (χ4n) is 9.34. The second kappa shape index (κ2) is 17.9. The van der Waals surface area contributed by atoms with Crippen LogP contribution < -0.4 is 9.47 Å². The lowest BCUT2D eigenvalue weighted by molar-refractivity contribution is -0.339. The number of carbonyl (C=O) groups excluding carboxylic acids is 6. The summed E-state index contributed by atoms with van der Waals surface area (Å²) in [6, 6.07) is 2.29. The molecule has 17 N–H and O–H groups in total. The van der Waals surface area contributed by atoms with E-state index >= 15 is 4.79 Å². The van der Waals surface area contributed by atoms with Gasteiger partial charge in [-0.2, -0.15) is 0 Å². The van der Waals surface area contributed by atoms with Crippen molar-refractivity contribution in [3.8, 4) is 103 Å². The second-order valence-electron chi connectivity index (χ2n) is 17.8. The molecule has 7 atom stereocenters. The third kappa shape index (κ3) is 7.64. The van der Waals surface area contributed by atoms with E-state index in [-0.39, 0.29) is 12.1 Å². The van der Waals surface area contributed by atoms with Crippen LogP contribution in [0, 0.1) is 0 Å². The van der Waals surface area contributed by atoms with Crippen LogP contribution in [0.25, 0.3) is 11.1 Å². The number of carbonyl (C=O) groups is 7. The highest BCUT2D eigenvalue weighted by molar-refractivity contribution is 6.10. The highest BCUT2D eigenvalue weighted by Gasteiger charge is 2.70. The zero-order chi connectivity index (χ0) is 58.3. The molecule has 10 rings (SSSR count). The Morgan fingerprint density at radius 3 is 1.75 bits per heavy atom. The Morgan fingerprint density at radius 2 is 1.09 bits per heavy atom. The van der Waals surface area contributed by atoms with E-state index in [4.69, 9.17) is 37.9 Å². The molecule has 4 aliphatic heterocycles. The normalized spacial score (nSPS) is 23.5. The zero-order valence-electron chi connectivity index (χ0n) is 38.9.